The number of amides is 1. The molecule has 98 valence electrons. The number of carbonyl (C=O) groups excluding carboxylic acids is 1. The number of rotatable bonds is 1. The van der Waals surface area contributed by atoms with Crippen molar-refractivity contribution < 1.29 is 9.90 Å². The molecule has 0 aromatic heterocycles. The number of hydrazine groups is 1. The number of phenols is 1. The Morgan fingerprint density at radius 1 is 1.28 bits per heavy atom. The highest BCUT2D eigenvalue weighted by molar-refractivity contribution is 7.80. The van der Waals surface area contributed by atoms with Gasteiger partial charge in [-0.3, -0.25) is 15.6 Å². The van der Waals surface area contributed by atoms with E-state index in [-0.39, 0.29) is 17.2 Å². The van der Waals surface area contributed by atoms with Crippen LogP contribution in [-0.4, -0.2) is 21.7 Å². The fourth-order valence-electron chi connectivity index (χ4n) is 1.20. The lowest BCUT2D eigenvalue weighted by molar-refractivity contribution is 0.0943. The van der Waals surface area contributed by atoms with Crippen LogP contribution >= 0.6 is 12.2 Å². The van der Waals surface area contributed by atoms with Crippen molar-refractivity contribution in [1.29, 1.82) is 0 Å². The van der Waals surface area contributed by atoms with E-state index >= 15 is 0 Å². The first-order valence-corrected chi connectivity index (χ1v) is 5.86. The Bertz CT molecular complexity index is 455. The Morgan fingerprint density at radius 2 is 1.94 bits per heavy atom. The summed E-state index contributed by atoms with van der Waals surface area (Å²) in [5.74, 6) is -0.331. The number of thiocarbonyl (C=S) groups is 1. The van der Waals surface area contributed by atoms with Crippen molar-refractivity contribution in [1.82, 2.24) is 16.2 Å². The molecule has 0 aliphatic carbocycles. The molecule has 0 bridgehead atoms. The average molecular weight is 267 g/mol. The predicted octanol–water partition coefficient (Wildman–Crippen LogP) is 1.30. The summed E-state index contributed by atoms with van der Waals surface area (Å²) in [4.78, 5) is 11.7. The SMILES string of the molecule is CC(C)(C)NC(=S)NNC(=O)c1cccc(O)c1. The van der Waals surface area contributed by atoms with Gasteiger partial charge in [0.05, 0.1) is 0 Å². The molecule has 0 heterocycles. The van der Waals surface area contributed by atoms with Crippen molar-refractivity contribution in [3.05, 3.63) is 29.8 Å². The van der Waals surface area contributed by atoms with Crippen molar-refractivity contribution in [2.75, 3.05) is 0 Å². The van der Waals surface area contributed by atoms with Crippen LogP contribution in [0.5, 0.6) is 5.75 Å². The van der Waals surface area contributed by atoms with Crippen molar-refractivity contribution in [2.24, 2.45) is 0 Å². The number of benzene rings is 1. The fraction of sp³-hybridized carbons (Fsp3) is 0.333. The van der Waals surface area contributed by atoms with Crippen molar-refractivity contribution in [3.8, 4) is 5.75 Å². The number of carbonyl (C=O) groups is 1. The molecule has 6 heteroatoms. The Morgan fingerprint density at radius 3 is 2.50 bits per heavy atom. The smallest absolute Gasteiger partial charge is 0.269 e. The summed E-state index contributed by atoms with van der Waals surface area (Å²) in [7, 11) is 0. The minimum Gasteiger partial charge on any atom is -0.508 e. The first kappa shape index (κ1) is 14.2. The topological polar surface area (TPSA) is 73.4 Å². The third-order valence-corrected chi connectivity index (χ3v) is 2.09. The van der Waals surface area contributed by atoms with Crippen molar-refractivity contribution in [3.63, 3.8) is 0 Å². The third kappa shape index (κ3) is 5.01. The van der Waals surface area contributed by atoms with E-state index in [4.69, 9.17) is 12.2 Å². The van der Waals surface area contributed by atoms with Crippen LogP contribution in [0.15, 0.2) is 24.3 Å². The van der Waals surface area contributed by atoms with Crippen LogP contribution in [-0.2, 0) is 0 Å². The second-order valence-electron chi connectivity index (χ2n) is 4.83. The average Bonchev–Trinajstić information content (AvgIpc) is 2.23. The van der Waals surface area contributed by atoms with Crippen LogP contribution in [0.1, 0.15) is 31.1 Å². The highest BCUT2D eigenvalue weighted by Gasteiger charge is 2.12. The summed E-state index contributed by atoms with van der Waals surface area (Å²) in [6, 6.07) is 6.06. The molecule has 0 atom stereocenters. The largest absolute Gasteiger partial charge is 0.508 e. The molecule has 0 fully saturated rings. The molecule has 1 aromatic carbocycles. The molecule has 1 amide bonds. The maximum absolute atomic E-state index is 11.7. The van der Waals surface area contributed by atoms with Gasteiger partial charge in [0.15, 0.2) is 5.11 Å². The van der Waals surface area contributed by atoms with Gasteiger partial charge in [-0.15, -0.1) is 0 Å². The molecule has 0 spiro atoms. The Hall–Kier alpha value is -1.82. The molecule has 5 nitrogen and oxygen atoms in total. The quantitative estimate of drug-likeness (QED) is 0.456. The fourth-order valence-corrected chi connectivity index (χ4v) is 1.56. The molecule has 18 heavy (non-hydrogen) atoms. The van der Waals surface area contributed by atoms with Crippen molar-refractivity contribution in [2.45, 2.75) is 26.3 Å². The zero-order valence-electron chi connectivity index (χ0n) is 10.6. The zero-order valence-corrected chi connectivity index (χ0v) is 11.4. The second-order valence-corrected chi connectivity index (χ2v) is 5.24. The van der Waals surface area contributed by atoms with Gasteiger partial charge in [0.1, 0.15) is 5.75 Å². The van der Waals surface area contributed by atoms with Gasteiger partial charge in [-0.25, -0.2) is 0 Å². The van der Waals surface area contributed by atoms with Crippen LogP contribution in [0.3, 0.4) is 0 Å². The Labute approximate surface area is 112 Å². The van der Waals surface area contributed by atoms with Crippen LogP contribution in [0.2, 0.25) is 0 Å². The number of hydrogen-bond acceptors (Lipinski definition) is 3. The summed E-state index contributed by atoms with van der Waals surface area (Å²) in [5, 5.41) is 12.6. The monoisotopic (exact) mass is 267 g/mol. The molecule has 0 aliphatic heterocycles. The summed E-state index contributed by atoms with van der Waals surface area (Å²) >= 11 is 5.01. The molecule has 4 N–H and O–H groups in total. The lowest BCUT2D eigenvalue weighted by Crippen LogP contribution is -2.52. The Balaban J connectivity index is 2.49. The number of nitrogens with one attached hydrogen (secondary N) is 3. The first-order valence-electron chi connectivity index (χ1n) is 5.45. The molecule has 1 rings (SSSR count). The molecule has 0 aliphatic rings. The van der Waals surface area contributed by atoms with E-state index in [1.54, 1.807) is 12.1 Å². The third-order valence-electron chi connectivity index (χ3n) is 1.89. The summed E-state index contributed by atoms with van der Waals surface area (Å²) in [6.45, 7) is 5.87. The van der Waals surface area contributed by atoms with Crippen molar-refractivity contribution >= 4 is 23.2 Å². The summed E-state index contributed by atoms with van der Waals surface area (Å²) < 4.78 is 0. The van der Waals surface area contributed by atoms with Crippen LogP contribution in [0, 0.1) is 0 Å². The van der Waals surface area contributed by atoms with E-state index in [9.17, 15) is 9.90 Å². The molecule has 0 radical (unpaired) electrons. The van der Waals surface area contributed by atoms with Gasteiger partial charge in [-0.05, 0) is 51.2 Å². The molecule has 0 saturated carbocycles. The standard InChI is InChI=1S/C12H17N3O2S/c1-12(2,3)13-11(18)15-14-10(17)8-5-4-6-9(16)7-8/h4-7,16H,1-3H3,(H,14,17)(H2,13,15,18). The molecular weight excluding hydrogens is 250 g/mol. The minimum atomic E-state index is -0.371. The van der Waals surface area contributed by atoms with Crippen LogP contribution in [0.25, 0.3) is 0 Å². The maximum Gasteiger partial charge on any atom is 0.269 e. The van der Waals surface area contributed by atoms with Gasteiger partial charge in [0, 0.05) is 11.1 Å². The summed E-state index contributed by atoms with van der Waals surface area (Å²) in [5.41, 5.74) is 5.21. The van der Waals surface area contributed by atoms with Crippen LogP contribution in [0.4, 0.5) is 0 Å². The number of hydrogen-bond donors (Lipinski definition) is 4. The van der Waals surface area contributed by atoms with Gasteiger partial charge in [0.25, 0.3) is 5.91 Å². The Kier molecular flexibility index (Phi) is 4.49. The van der Waals surface area contributed by atoms with E-state index in [0.29, 0.717) is 10.7 Å². The van der Waals surface area contributed by atoms with E-state index in [2.05, 4.69) is 16.2 Å². The number of aromatic hydroxyl groups is 1. The van der Waals surface area contributed by atoms with Gasteiger partial charge < -0.3 is 10.4 Å². The maximum atomic E-state index is 11.7. The van der Waals surface area contributed by atoms with E-state index in [1.807, 2.05) is 20.8 Å². The van der Waals surface area contributed by atoms with E-state index in [1.165, 1.54) is 12.1 Å². The predicted molar refractivity (Wildman–Crippen MR) is 74.2 cm³/mol. The molecular formula is C12H17N3O2S. The zero-order chi connectivity index (χ0) is 13.8. The van der Waals surface area contributed by atoms with Gasteiger partial charge in [-0.2, -0.15) is 0 Å². The molecule has 0 saturated heterocycles. The lowest BCUT2D eigenvalue weighted by Gasteiger charge is -2.23. The minimum absolute atomic E-state index is 0.0399. The van der Waals surface area contributed by atoms with Crippen LogP contribution < -0.4 is 16.2 Å². The number of phenolic OH excluding ortho intramolecular Hbond substituents is 1. The van der Waals surface area contributed by atoms with E-state index in [0.717, 1.165) is 0 Å². The highest BCUT2D eigenvalue weighted by atomic mass is 32.1. The molecule has 1 aromatic rings. The second kappa shape index (κ2) is 5.68. The highest BCUT2D eigenvalue weighted by Crippen LogP contribution is 2.10. The summed E-state index contributed by atoms with van der Waals surface area (Å²) in [6.07, 6.45) is 0. The normalized spacial score (nSPS) is 10.6. The first-order chi connectivity index (χ1) is 8.28. The van der Waals surface area contributed by atoms with E-state index < -0.39 is 0 Å². The van der Waals surface area contributed by atoms with Gasteiger partial charge in [-0.1, -0.05) is 6.07 Å². The van der Waals surface area contributed by atoms with Gasteiger partial charge in [0.2, 0.25) is 0 Å². The van der Waals surface area contributed by atoms with Gasteiger partial charge >= 0.3 is 0 Å². The molecule has 0 unspecified atom stereocenters. The lowest BCUT2D eigenvalue weighted by atomic mass is 10.1.